The summed E-state index contributed by atoms with van der Waals surface area (Å²) in [6.07, 6.45) is 1.21. The lowest BCUT2D eigenvalue weighted by molar-refractivity contribution is 0.318. The third kappa shape index (κ3) is 1.39. The largest absolute Gasteiger partial charge is 0.409 e. The van der Waals surface area contributed by atoms with Crippen molar-refractivity contribution in [1.82, 2.24) is 0 Å². The van der Waals surface area contributed by atoms with Gasteiger partial charge in [-0.3, -0.25) is 0 Å². The third-order valence-corrected chi connectivity index (χ3v) is 2.48. The Morgan fingerprint density at radius 3 is 2.64 bits per heavy atom. The minimum absolute atomic E-state index is 0.174. The number of hydrogen-bond acceptors (Lipinski definition) is 3. The highest BCUT2D eigenvalue weighted by atomic mass is 16.4. The van der Waals surface area contributed by atoms with E-state index in [0.29, 0.717) is 0 Å². The van der Waals surface area contributed by atoms with E-state index >= 15 is 0 Å². The average Bonchev–Trinajstić information content (AvgIpc) is 2.15. The van der Waals surface area contributed by atoms with Crippen molar-refractivity contribution < 1.29 is 5.21 Å². The van der Waals surface area contributed by atoms with Gasteiger partial charge in [0.05, 0.1) is 0 Å². The zero-order valence-electron chi connectivity index (χ0n) is 7.85. The normalized spacial score (nSPS) is 16.6. The fourth-order valence-electron chi connectivity index (χ4n) is 1.58. The van der Waals surface area contributed by atoms with E-state index in [0.717, 1.165) is 24.3 Å². The molecule has 14 heavy (non-hydrogen) atoms. The fraction of sp³-hybridized carbons (Fsp3) is 0.300. The quantitative estimate of drug-likeness (QED) is 0.317. The molecule has 3 N–H and O–H groups in total. The summed E-state index contributed by atoms with van der Waals surface area (Å²) in [6, 6.07) is 7.70. The van der Waals surface area contributed by atoms with Crippen LogP contribution in [0.4, 0.5) is 5.69 Å². The summed E-state index contributed by atoms with van der Waals surface area (Å²) in [5.41, 5.74) is 7.44. The Kier molecular flexibility index (Phi) is 2.26. The first kappa shape index (κ1) is 8.87. The molecule has 0 atom stereocenters. The van der Waals surface area contributed by atoms with Gasteiger partial charge in [-0.25, -0.2) is 0 Å². The molecule has 1 aliphatic rings. The first-order chi connectivity index (χ1) is 6.83. The highest BCUT2D eigenvalue weighted by Gasteiger charge is 2.18. The first-order valence-electron chi connectivity index (χ1n) is 4.65. The van der Waals surface area contributed by atoms with E-state index in [1.54, 1.807) is 0 Å². The Bertz CT molecular complexity index is 358. The molecule has 1 aromatic carbocycles. The molecule has 0 aliphatic carbocycles. The van der Waals surface area contributed by atoms with E-state index in [1.807, 2.05) is 24.3 Å². The van der Waals surface area contributed by atoms with Crippen LogP contribution in [-0.2, 0) is 0 Å². The predicted octanol–water partition coefficient (Wildman–Crippen LogP) is 0.991. The van der Waals surface area contributed by atoms with Crippen LogP contribution < -0.4 is 10.6 Å². The number of anilines is 1. The molecule has 0 unspecified atom stereocenters. The van der Waals surface area contributed by atoms with Crippen LogP contribution in [0.25, 0.3) is 0 Å². The van der Waals surface area contributed by atoms with Crippen LogP contribution in [0.2, 0.25) is 0 Å². The van der Waals surface area contributed by atoms with Crippen LogP contribution in [0.3, 0.4) is 0 Å². The Morgan fingerprint density at radius 1 is 1.36 bits per heavy atom. The molecule has 1 aliphatic heterocycles. The Morgan fingerprint density at radius 2 is 2.07 bits per heavy atom. The smallest absolute Gasteiger partial charge is 0.172 e. The summed E-state index contributed by atoms with van der Waals surface area (Å²) in [5, 5.41) is 11.7. The molecule has 0 radical (unpaired) electrons. The van der Waals surface area contributed by atoms with Crippen molar-refractivity contribution in [2.24, 2.45) is 10.9 Å². The van der Waals surface area contributed by atoms with Crippen LogP contribution in [0.5, 0.6) is 0 Å². The van der Waals surface area contributed by atoms with Gasteiger partial charge in [-0.1, -0.05) is 17.3 Å². The molecular weight excluding hydrogens is 178 g/mol. The lowest BCUT2D eigenvalue weighted by Gasteiger charge is -2.34. The molecule has 0 amide bonds. The molecule has 2 rings (SSSR count). The number of oxime groups is 1. The van der Waals surface area contributed by atoms with Gasteiger partial charge in [0.1, 0.15) is 0 Å². The van der Waals surface area contributed by atoms with E-state index in [9.17, 15) is 0 Å². The van der Waals surface area contributed by atoms with E-state index in [4.69, 9.17) is 10.9 Å². The molecule has 1 heterocycles. The number of nitrogens with zero attached hydrogens (tertiary/aromatic N) is 2. The van der Waals surface area contributed by atoms with Crippen molar-refractivity contribution in [2.75, 3.05) is 18.0 Å². The second kappa shape index (κ2) is 3.57. The van der Waals surface area contributed by atoms with Gasteiger partial charge in [-0.15, -0.1) is 0 Å². The molecular formula is C10H13N3O. The SMILES string of the molecule is N/C(=N/O)c1ccccc1N1CCC1. The Hall–Kier alpha value is -1.71. The summed E-state index contributed by atoms with van der Waals surface area (Å²) in [4.78, 5) is 2.22. The fourth-order valence-corrected chi connectivity index (χ4v) is 1.58. The highest BCUT2D eigenvalue weighted by Crippen LogP contribution is 2.24. The molecule has 1 aromatic rings. The van der Waals surface area contributed by atoms with Crippen molar-refractivity contribution in [2.45, 2.75) is 6.42 Å². The number of amidine groups is 1. The Labute approximate surface area is 82.6 Å². The average molecular weight is 191 g/mol. The number of nitrogens with two attached hydrogens (primary N) is 1. The van der Waals surface area contributed by atoms with E-state index in [-0.39, 0.29) is 5.84 Å². The molecule has 0 saturated carbocycles. The van der Waals surface area contributed by atoms with Crippen molar-refractivity contribution >= 4 is 11.5 Å². The van der Waals surface area contributed by atoms with Crippen LogP contribution in [0.1, 0.15) is 12.0 Å². The standard InChI is InChI=1S/C10H13N3O/c11-10(12-14)8-4-1-2-5-9(8)13-6-3-7-13/h1-2,4-5,14H,3,6-7H2,(H2,11,12). The van der Waals surface area contributed by atoms with Crippen LogP contribution in [0.15, 0.2) is 29.4 Å². The lowest BCUT2D eigenvalue weighted by atomic mass is 10.1. The topological polar surface area (TPSA) is 61.9 Å². The molecule has 74 valence electrons. The predicted molar refractivity (Wildman–Crippen MR) is 55.8 cm³/mol. The van der Waals surface area contributed by atoms with E-state index in [2.05, 4.69) is 10.1 Å². The second-order valence-corrected chi connectivity index (χ2v) is 3.34. The Balaban J connectivity index is 2.37. The van der Waals surface area contributed by atoms with Gasteiger partial charge in [0.15, 0.2) is 5.84 Å². The lowest BCUT2D eigenvalue weighted by Crippen LogP contribution is -2.38. The number of rotatable bonds is 2. The second-order valence-electron chi connectivity index (χ2n) is 3.34. The van der Waals surface area contributed by atoms with Crippen LogP contribution >= 0.6 is 0 Å². The first-order valence-corrected chi connectivity index (χ1v) is 4.65. The summed E-state index contributed by atoms with van der Waals surface area (Å²) < 4.78 is 0. The number of benzene rings is 1. The van der Waals surface area contributed by atoms with E-state index in [1.165, 1.54) is 6.42 Å². The summed E-state index contributed by atoms with van der Waals surface area (Å²) >= 11 is 0. The highest BCUT2D eigenvalue weighted by molar-refractivity contribution is 6.02. The molecule has 4 nitrogen and oxygen atoms in total. The molecule has 4 heteroatoms. The van der Waals surface area contributed by atoms with Gasteiger partial charge in [0, 0.05) is 24.3 Å². The van der Waals surface area contributed by atoms with Crippen molar-refractivity contribution in [3.05, 3.63) is 29.8 Å². The van der Waals surface area contributed by atoms with Gasteiger partial charge in [0.2, 0.25) is 0 Å². The zero-order valence-corrected chi connectivity index (χ0v) is 7.85. The van der Waals surface area contributed by atoms with Gasteiger partial charge in [-0.2, -0.15) is 0 Å². The third-order valence-electron chi connectivity index (χ3n) is 2.48. The minimum atomic E-state index is 0.174. The monoisotopic (exact) mass is 191 g/mol. The number of hydrogen-bond donors (Lipinski definition) is 2. The van der Waals surface area contributed by atoms with Gasteiger partial charge in [0.25, 0.3) is 0 Å². The van der Waals surface area contributed by atoms with Crippen molar-refractivity contribution in [3.8, 4) is 0 Å². The van der Waals surface area contributed by atoms with Gasteiger partial charge in [-0.05, 0) is 18.6 Å². The van der Waals surface area contributed by atoms with Gasteiger partial charge >= 0.3 is 0 Å². The van der Waals surface area contributed by atoms with Crippen molar-refractivity contribution in [3.63, 3.8) is 0 Å². The number of para-hydroxylation sites is 1. The zero-order chi connectivity index (χ0) is 9.97. The maximum absolute atomic E-state index is 8.63. The molecule has 1 saturated heterocycles. The summed E-state index contributed by atoms with van der Waals surface area (Å²) in [6.45, 7) is 2.10. The molecule has 0 spiro atoms. The van der Waals surface area contributed by atoms with Crippen LogP contribution in [0, 0.1) is 0 Å². The molecule has 0 aromatic heterocycles. The minimum Gasteiger partial charge on any atom is -0.409 e. The summed E-state index contributed by atoms with van der Waals surface area (Å²) in [7, 11) is 0. The van der Waals surface area contributed by atoms with Crippen LogP contribution in [-0.4, -0.2) is 24.1 Å². The summed E-state index contributed by atoms with van der Waals surface area (Å²) in [5.74, 6) is 0.174. The molecule has 0 bridgehead atoms. The van der Waals surface area contributed by atoms with Gasteiger partial charge < -0.3 is 15.8 Å². The maximum Gasteiger partial charge on any atom is 0.172 e. The maximum atomic E-state index is 8.63. The van der Waals surface area contributed by atoms with Crippen molar-refractivity contribution in [1.29, 1.82) is 0 Å². The van der Waals surface area contributed by atoms with E-state index < -0.39 is 0 Å². The molecule has 1 fully saturated rings.